The van der Waals surface area contributed by atoms with Gasteiger partial charge in [-0.2, -0.15) is 0 Å². The maximum absolute atomic E-state index is 13.7. The first-order valence-electron chi connectivity index (χ1n) is 6.72. The number of benzene rings is 1. The molecule has 0 spiro atoms. The number of aliphatic hydroxyl groups is 1. The topological polar surface area (TPSA) is 32.3 Å². The highest BCUT2D eigenvalue weighted by Crippen LogP contribution is 2.37. The standard InChI is InChI=1S/C14H16F5NO/c1-7-3-2-4-14(5-7,6-21)20-13-11(18)9(16)8(15)10(17)12(13)19/h7,20-21H,2-6H2,1H3. The fraction of sp³-hybridized carbons (Fsp3) is 0.571. The van der Waals surface area contributed by atoms with Crippen molar-refractivity contribution in [3.8, 4) is 0 Å². The van der Waals surface area contributed by atoms with E-state index in [9.17, 15) is 27.1 Å². The average molecular weight is 309 g/mol. The maximum atomic E-state index is 13.7. The van der Waals surface area contributed by atoms with Gasteiger partial charge in [0.05, 0.1) is 12.1 Å². The minimum Gasteiger partial charge on any atom is -0.394 e. The summed E-state index contributed by atoms with van der Waals surface area (Å²) in [5, 5.41) is 11.9. The first kappa shape index (κ1) is 16.0. The number of hydrogen-bond acceptors (Lipinski definition) is 2. The second-order valence-corrected chi connectivity index (χ2v) is 5.71. The molecule has 1 aromatic rings. The Morgan fingerprint density at radius 1 is 1.05 bits per heavy atom. The number of nitrogens with one attached hydrogen (secondary N) is 1. The molecule has 1 fully saturated rings. The Morgan fingerprint density at radius 3 is 2.05 bits per heavy atom. The molecule has 118 valence electrons. The molecular formula is C14H16F5NO. The Kier molecular flexibility index (Phi) is 4.41. The molecule has 0 heterocycles. The van der Waals surface area contributed by atoms with Crippen LogP contribution in [0.1, 0.15) is 32.6 Å². The summed E-state index contributed by atoms with van der Waals surface area (Å²) < 4.78 is 66.8. The van der Waals surface area contributed by atoms with Gasteiger partial charge < -0.3 is 10.4 Å². The molecule has 2 N–H and O–H groups in total. The normalized spacial score (nSPS) is 26.0. The van der Waals surface area contributed by atoms with Gasteiger partial charge in [-0.15, -0.1) is 0 Å². The van der Waals surface area contributed by atoms with E-state index in [-0.39, 0.29) is 5.92 Å². The Hall–Kier alpha value is -1.37. The summed E-state index contributed by atoms with van der Waals surface area (Å²) in [5.41, 5.74) is -2.15. The second kappa shape index (κ2) is 5.79. The molecule has 2 unspecified atom stereocenters. The van der Waals surface area contributed by atoms with Gasteiger partial charge in [0.2, 0.25) is 5.82 Å². The lowest BCUT2D eigenvalue weighted by Crippen LogP contribution is -2.46. The monoisotopic (exact) mass is 309 g/mol. The third-order valence-corrected chi connectivity index (χ3v) is 3.99. The van der Waals surface area contributed by atoms with Crippen molar-refractivity contribution in [2.24, 2.45) is 5.92 Å². The molecule has 0 aliphatic heterocycles. The number of rotatable bonds is 3. The van der Waals surface area contributed by atoms with Gasteiger partial charge in [0.25, 0.3) is 0 Å². The summed E-state index contributed by atoms with van der Waals surface area (Å²) in [6.07, 6.45) is 2.38. The molecule has 1 aliphatic rings. The molecule has 7 heteroatoms. The van der Waals surface area contributed by atoms with Crippen LogP contribution in [0.3, 0.4) is 0 Å². The van der Waals surface area contributed by atoms with Crippen molar-refractivity contribution in [1.82, 2.24) is 0 Å². The van der Waals surface area contributed by atoms with Gasteiger partial charge in [-0.3, -0.25) is 0 Å². The minimum atomic E-state index is -2.19. The fourth-order valence-electron chi connectivity index (χ4n) is 2.94. The first-order chi connectivity index (χ1) is 9.81. The molecule has 0 aromatic heterocycles. The predicted octanol–water partition coefficient (Wildman–Crippen LogP) is 3.74. The Labute approximate surface area is 119 Å². The van der Waals surface area contributed by atoms with E-state index >= 15 is 0 Å². The van der Waals surface area contributed by atoms with Crippen molar-refractivity contribution in [3.05, 3.63) is 29.1 Å². The van der Waals surface area contributed by atoms with Crippen LogP contribution in [0.2, 0.25) is 0 Å². The molecule has 0 radical (unpaired) electrons. The molecule has 0 bridgehead atoms. The van der Waals surface area contributed by atoms with E-state index in [1.807, 2.05) is 6.92 Å². The summed E-state index contributed by atoms with van der Waals surface area (Å²) in [6, 6.07) is 0. The Morgan fingerprint density at radius 2 is 1.57 bits per heavy atom. The number of hydrogen-bond donors (Lipinski definition) is 2. The quantitative estimate of drug-likeness (QED) is 0.506. The molecule has 1 aliphatic carbocycles. The van der Waals surface area contributed by atoms with Crippen LogP contribution in [0.4, 0.5) is 27.6 Å². The Balaban J connectivity index is 2.43. The summed E-state index contributed by atoms with van der Waals surface area (Å²) in [6.45, 7) is 1.46. The van der Waals surface area contributed by atoms with Gasteiger partial charge in [0.15, 0.2) is 23.3 Å². The smallest absolute Gasteiger partial charge is 0.200 e. The lowest BCUT2D eigenvalue weighted by Gasteiger charge is -2.40. The largest absolute Gasteiger partial charge is 0.394 e. The molecule has 2 atom stereocenters. The van der Waals surface area contributed by atoms with Gasteiger partial charge in [-0.05, 0) is 18.8 Å². The molecule has 0 amide bonds. The third-order valence-electron chi connectivity index (χ3n) is 3.99. The van der Waals surface area contributed by atoms with E-state index in [0.717, 1.165) is 6.42 Å². The number of aliphatic hydroxyl groups excluding tert-OH is 1. The highest BCUT2D eigenvalue weighted by Gasteiger charge is 2.37. The van der Waals surface area contributed by atoms with Gasteiger partial charge in [0.1, 0.15) is 5.69 Å². The molecule has 2 nitrogen and oxygen atoms in total. The predicted molar refractivity (Wildman–Crippen MR) is 67.3 cm³/mol. The van der Waals surface area contributed by atoms with Crippen LogP contribution >= 0.6 is 0 Å². The van der Waals surface area contributed by atoms with Crippen molar-refractivity contribution in [1.29, 1.82) is 0 Å². The summed E-state index contributed by atoms with van der Waals surface area (Å²) in [4.78, 5) is 0. The lowest BCUT2D eigenvalue weighted by molar-refractivity contribution is 0.148. The molecule has 0 saturated heterocycles. The van der Waals surface area contributed by atoms with Crippen LogP contribution in [-0.2, 0) is 0 Å². The van der Waals surface area contributed by atoms with Crippen LogP contribution in [0.15, 0.2) is 0 Å². The van der Waals surface area contributed by atoms with Gasteiger partial charge in [-0.25, -0.2) is 22.0 Å². The zero-order chi connectivity index (χ0) is 15.8. The summed E-state index contributed by atoms with van der Waals surface area (Å²) >= 11 is 0. The van der Waals surface area contributed by atoms with Crippen molar-refractivity contribution in [2.75, 3.05) is 11.9 Å². The van der Waals surface area contributed by atoms with E-state index in [2.05, 4.69) is 5.32 Å². The third kappa shape index (κ3) is 2.84. The van der Waals surface area contributed by atoms with Gasteiger partial charge >= 0.3 is 0 Å². The maximum Gasteiger partial charge on any atom is 0.200 e. The zero-order valence-corrected chi connectivity index (χ0v) is 11.4. The second-order valence-electron chi connectivity index (χ2n) is 5.71. The number of anilines is 1. The first-order valence-corrected chi connectivity index (χ1v) is 6.72. The summed E-state index contributed by atoms with van der Waals surface area (Å²) in [5.74, 6) is -9.80. The van der Waals surface area contributed by atoms with Crippen LogP contribution in [0, 0.1) is 35.0 Å². The Bertz CT molecular complexity index is 522. The molecule has 2 rings (SSSR count). The molecule has 21 heavy (non-hydrogen) atoms. The zero-order valence-electron chi connectivity index (χ0n) is 11.4. The molecule has 1 saturated carbocycles. The van der Waals surface area contributed by atoms with E-state index < -0.39 is 46.9 Å². The van der Waals surface area contributed by atoms with Crippen LogP contribution in [-0.4, -0.2) is 17.3 Å². The van der Waals surface area contributed by atoms with Crippen molar-refractivity contribution >= 4 is 5.69 Å². The van der Waals surface area contributed by atoms with Crippen LogP contribution in [0.5, 0.6) is 0 Å². The van der Waals surface area contributed by atoms with E-state index in [1.165, 1.54) is 0 Å². The van der Waals surface area contributed by atoms with Gasteiger partial charge in [-0.1, -0.05) is 19.8 Å². The minimum absolute atomic E-state index is 0.180. The van der Waals surface area contributed by atoms with Crippen LogP contribution < -0.4 is 5.32 Å². The van der Waals surface area contributed by atoms with Gasteiger partial charge in [0, 0.05) is 0 Å². The van der Waals surface area contributed by atoms with E-state index in [4.69, 9.17) is 0 Å². The van der Waals surface area contributed by atoms with Crippen molar-refractivity contribution in [2.45, 2.75) is 38.1 Å². The molecular weight excluding hydrogens is 293 g/mol. The highest BCUT2D eigenvalue weighted by molar-refractivity contribution is 5.50. The average Bonchev–Trinajstić information content (AvgIpc) is 2.48. The lowest BCUT2D eigenvalue weighted by atomic mass is 9.76. The van der Waals surface area contributed by atoms with E-state index in [1.54, 1.807) is 0 Å². The SMILES string of the molecule is CC1CCCC(CO)(Nc2c(F)c(F)c(F)c(F)c2F)C1. The van der Waals surface area contributed by atoms with E-state index in [0.29, 0.717) is 19.3 Å². The van der Waals surface area contributed by atoms with Crippen molar-refractivity contribution < 1.29 is 27.1 Å². The van der Waals surface area contributed by atoms with Crippen molar-refractivity contribution in [3.63, 3.8) is 0 Å². The highest BCUT2D eigenvalue weighted by atomic mass is 19.2. The fourth-order valence-corrected chi connectivity index (χ4v) is 2.94. The molecule has 1 aromatic carbocycles. The summed E-state index contributed by atoms with van der Waals surface area (Å²) in [7, 11) is 0. The number of halogens is 5. The van der Waals surface area contributed by atoms with Crippen LogP contribution in [0.25, 0.3) is 0 Å².